The van der Waals surface area contributed by atoms with Crippen LogP contribution in [0.25, 0.3) is 0 Å². The lowest BCUT2D eigenvalue weighted by Crippen LogP contribution is -2.22. The van der Waals surface area contributed by atoms with E-state index in [1.54, 1.807) is 13.8 Å². The zero-order valence-electron chi connectivity index (χ0n) is 15.4. The topological polar surface area (TPSA) is 96.5 Å². The second kappa shape index (κ2) is 9.52. The van der Waals surface area contributed by atoms with Gasteiger partial charge in [0, 0.05) is 12.7 Å². The number of amides is 2. The second-order valence-electron chi connectivity index (χ2n) is 5.59. The van der Waals surface area contributed by atoms with Crippen LogP contribution < -0.4 is 16.0 Å². The van der Waals surface area contributed by atoms with Crippen LogP contribution in [0.4, 0.5) is 15.1 Å². The smallest absolute Gasteiger partial charge is 0.341 e. The Hall–Kier alpha value is -2.65. The summed E-state index contributed by atoms with van der Waals surface area (Å²) in [6.07, 6.45) is 0. The van der Waals surface area contributed by atoms with Crippen LogP contribution in [0.3, 0.4) is 0 Å². The van der Waals surface area contributed by atoms with E-state index in [1.165, 1.54) is 25.2 Å². The third kappa shape index (κ3) is 4.99. The summed E-state index contributed by atoms with van der Waals surface area (Å²) in [6.45, 7) is 3.27. The van der Waals surface area contributed by atoms with Gasteiger partial charge in [0.1, 0.15) is 10.8 Å². The molecule has 2 aromatic rings. The molecular weight excluding hydrogens is 409 g/mol. The molecule has 0 fully saturated rings. The summed E-state index contributed by atoms with van der Waals surface area (Å²) in [5.41, 5.74) is 1.03. The first kappa shape index (κ1) is 21.6. The standard InChI is InChI=1S/C18H19ClFN3O4S/c1-4-27-18(26)14-9(2)15(16(25)21-3)28-17(14)23-13(24)8-22-10-5-6-12(20)11(19)7-10/h5-7,22H,4,8H2,1-3H3,(H,21,25)(H,23,24). The molecule has 10 heteroatoms. The van der Waals surface area contributed by atoms with Crippen LogP contribution in [0.1, 0.15) is 32.5 Å². The van der Waals surface area contributed by atoms with Crippen molar-refractivity contribution >= 4 is 51.4 Å². The fourth-order valence-electron chi connectivity index (χ4n) is 2.34. The zero-order chi connectivity index (χ0) is 20.8. The molecule has 2 rings (SSSR count). The summed E-state index contributed by atoms with van der Waals surface area (Å²) in [4.78, 5) is 36.9. The van der Waals surface area contributed by atoms with Gasteiger partial charge in [-0.1, -0.05) is 11.6 Å². The van der Waals surface area contributed by atoms with Gasteiger partial charge in [-0.2, -0.15) is 0 Å². The predicted molar refractivity (Wildman–Crippen MR) is 107 cm³/mol. The lowest BCUT2D eigenvalue weighted by Gasteiger charge is -2.09. The number of ether oxygens (including phenoxy) is 1. The Bertz CT molecular complexity index is 916. The average molecular weight is 428 g/mol. The number of halogens is 2. The maximum absolute atomic E-state index is 13.2. The van der Waals surface area contributed by atoms with E-state index < -0.39 is 17.7 Å². The van der Waals surface area contributed by atoms with Crippen LogP contribution in [0, 0.1) is 12.7 Å². The number of hydrogen-bond donors (Lipinski definition) is 3. The Morgan fingerprint density at radius 1 is 1.29 bits per heavy atom. The van der Waals surface area contributed by atoms with Crippen molar-refractivity contribution in [3.8, 4) is 0 Å². The summed E-state index contributed by atoms with van der Waals surface area (Å²) in [7, 11) is 1.47. The van der Waals surface area contributed by atoms with Crippen LogP contribution in [0.15, 0.2) is 18.2 Å². The lowest BCUT2D eigenvalue weighted by atomic mass is 10.1. The number of thiophene rings is 1. The minimum absolute atomic E-state index is 0.0703. The molecule has 3 N–H and O–H groups in total. The quantitative estimate of drug-likeness (QED) is 0.588. The van der Waals surface area contributed by atoms with Crippen LogP contribution in [-0.4, -0.2) is 38.0 Å². The molecule has 1 aromatic heterocycles. The van der Waals surface area contributed by atoms with Gasteiger partial charge in [0.05, 0.1) is 28.6 Å². The maximum atomic E-state index is 13.2. The van der Waals surface area contributed by atoms with Gasteiger partial charge in [0.2, 0.25) is 5.91 Å². The van der Waals surface area contributed by atoms with Gasteiger partial charge in [0.25, 0.3) is 5.91 Å². The molecule has 0 atom stereocenters. The van der Waals surface area contributed by atoms with E-state index in [0.29, 0.717) is 16.1 Å². The molecule has 0 aliphatic carbocycles. The molecule has 0 saturated heterocycles. The largest absolute Gasteiger partial charge is 0.462 e. The molecular formula is C18H19ClFN3O4S. The molecule has 0 saturated carbocycles. The van der Waals surface area contributed by atoms with Crippen molar-refractivity contribution in [1.29, 1.82) is 0 Å². The molecule has 7 nitrogen and oxygen atoms in total. The number of carbonyl (C=O) groups is 3. The lowest BCUT2D eigenvalue weighted by molar-refractivity contribution is -0.114. The van der Waals surface area contributed by atoms with Crippen molar-refractivity contribution in [3.05, 3.63) is 45.0 Å². The number of anilines is 2. The normalized spacial score (nSPS) is 10.3. The number of hydrogen-bond acceptors (Lipinski definition) is 6. The number of esters is 1. The molecule has 0 aliphatic rings. The maximum Gasteiger partial charge on any atom is 0.341 e. The van der Waals surface area contributed by atoms with Gasteiger partial charge in [-0.15, -0.1) is 11.3 Å². The highest BCUT2D eigenvalue weighted by Gasteiger charge is 2.26. The van der Waals surface area contributed by atoms with Crippen LogP contribution in [0.5, 0.6) is 0 Å². The first-order valence-corrected chi connectivity index (χ1v) is 9.49. The highest BCUT2D eigenvalue weighted by molar-refractivity contribution is 7.18. The Balaban J connectivity index is 2.18. The van der Waals surface area contributed by atoms with Crippen molar-refractivity contribution in [3.63, 3.8) is 0 Å². The summed E-state index contributed by atoms with van der Waals surface area (Å²) >= 11 is 6.69. The first-order chi connectivity index (χ1) is 13.3. The van der Waals surface area contributed by atoms with Gasteiger partial charge in [-0.25, -0.2) is 9.18 Å². The average Bonchev–Trinajstić information content (AvgIpc) is 2.98. The van der Waals surface area contributed by atoms with E-state index in [0.717, 1.165) is 11.3 Å². The van der Waals surface area contributed by atoms with Gasteiger partial charge in [0.15, 0.2) is 0 Å². The van der Waals surface area contributed by atoms with Crippen LogP contribution >= 0.6 is 22.9 Å². The van der Waals surface area contributed by atoms with E-state index in [9.17, 15) is 18.8 Å². The van der Waals surface area contributed by atoms with Crippen molar-refractivity contribution in [2.75, 3.05) is 30.8 Å². The Labute approximate surface area is 170 Å². The molecule has 1 aromatic carbocycles. The van der Waals surface area contributed by atoms with Crippen LogP contribution in [-0.2, 0) is 9.53 Å². The van der Waals surface area contributed by atoms with E-state index in [2.05, 4.69) is 16.0 Å². The van der Waals surface area contributed by atoms with Gasteiger partial charge >= 0.3 is 5.97 Å². The molecule has 0 aliphatic heterocycles. The number of carbonyl (C=O) groups excluding carboxylic acids is 3. The van der Waals surface area contributed by atoms with E-state index in [1.807, 2.05) is 0 Å². The molecule has 0 spiro atoms. The number of rotatable bonds is 7. The monoisotopic (exact) mass is 427 g/mol. The van der Waals surface area contributed by atoms with Crippen molar-refractivity contribution in [1.82, 2.24) is 5.32 Å². The molecule has 0 unspecified atom stereocenters. The van der Waals surface area contributed by atoms with Gasteiger partial charge in [-0.3, -0.25) is 9.59 Å². The molecule has 1 heterocycles. The van der Waals surface area contributed by atoms with Crippen molar-refractivity contribution in [2.45, 2.75) is 13.8 Å². The van der Waals surface area contributed by atoms with E-state index in [4.69, 9.17) is 16.3 Å². The Morgan fingerprint density at radius 2 is 2.00 bits per heavy atom. The van der Waals surface area contributed by atoms with Gasteiger partial charge in [-0.05, 0) is 37.6 Å². The summed E-state index contributed by atoms with van der Waals surface area (Å²) in [5, 5.41) is 8.07. The van der Waals surface area contributed by atoms with E-state index >= 15 is 0 Å². The van der Waals surface area contributed by atoms with Crippen molar-refractivity contribution < 1.29 is 23.5 Å². The van der Waals surface area contributed by atoms with Gasteiger partial charge < -0.3 is 20.7 Å². The van der Waals surface area contributed by atoms with E-state index in [-0.39, 0.29) is 34.6 Å². The second-order valence-corrected chi connectivity index (χ2v) is 7.02. The SMILES string of the molecule is CCOC(=O)c1c(NC(=O)CNc2ccc(F)c(Cl)c2)sc(C(=O)NC)c1C. The third-order valence-corrected chi connectivity index (χ3v) is 5.18. The van der Waals surface area contributed by atoms with Crippen LogP contribution in [0.2, 0.25) is 5.02 Å². The Kier molecular flexibility index (Phi) is 7.36. The first-order valence-electron chi connectivity index (χ1n) is 8.29. The highest BCUT2D eigenvalue weighted by atomic mass is 35.5. The molecule has 150 valence electrons. The third-order valence-electron chi connectivity index (χ3n) is 3.69. The molecule has 2 amide bonds. The fourth-order valence-corrected chi connectivity index (χ4v) is 3.68. The molecule has 28 heavy (non-hydrogen) atoms. The fraction of sp³-hybridized carbons (Fsp3) is 0.278. The minimum Gasteiger partial charge on any atom is -0.462 e. The number of nitrogens with one attached hydrogen (secondary N) is 3. The summed E-state index contributed by atoms with van der Waals surface area (Å²) in [6, 6.07) is 3.98. The zero-order valence-corrected chi connectivity index (χ0v) is 17.0. The summed E-state index contributed by atoms with van der Waals surface area (Å²) in [5.74, 6) is -2.02. The number of benzene rings is 1. The molecule has 0 bridgehead atoms. The predicted octanol–water partition coefficient (Wildman–Crippen LogP) is 3.44. The molecule has 0 radical (unpaired) electrons. The highest BCUT2D eigenvalue weighted by Crippen LogP contribution is 2.33. The summed E-state index contributed by atoms with van der Waals surface area (Å²) < 4.78 is 18.2. The minimum atomic E-state index is -0.625. The Morgan fingerprint density at radius 3 is 2.61 bits per heavy atom. The van der Waals surface area contributed by atoms with Crippen molar-refractivity contribution in [2.24, 2.45) is 0 Å².